The van der Waals surface area contributed by atoms with Gasteiger partial charge in [-0.1, -0.05) is 18.2 Å². The van der Waals surface area contributed by atoms with Crippen LogP contribution >= 0.6 is 0 Å². The van der Waals surface area contributed by atoms with Crippen LogP contribution in [0.5, 0.6) is 0 Å². The monoisotopic (exact) mass is 232 g/mol. The Kier molecular flexibility index (Phi) is 3.36. The molecule has 3 heteroatoms. The maximum Gasteiger partial charge on any atom is 0.241 e. The predicted octanol–water partition coefficient (Wildman–Crippen LogP) is 2.34. The van der Waals surface area contributed by atoms with E-state index in [1.807, 2.05) is 18.0 Å². The van der Waals surface area contributed by atoms with Crippen molar-refractivity contribution in [3.63, 3.8) is 0 Å². The molecule has 1 fully saturated rings. The fourth-order valence-electron chi connectivity index (χ4n) is 2.05. The quantitative estimate of drug-likeness (QED) is 0.864. The molecule has 1 aliphatic carbocycles. The van der Waals surface area contributed by atoms with E-state index in [4.69, 9.17) is 0 Å². The van der Waals surface area contributed by atoms with Gasteiger partial charge in [0.25, 0.3) is 0 Å². The minimum Gasteiger partial charge on any atom is -0.376 e. The summed E-state index contributed by atoms with van der Waals surface area (Å²) in [6.45, 7) is 4.51. The first-order valence-electron chi connectivity index (χ1n) is 6.15. The number of benzene rings is 1. The molecule has 0 heterocycles. The third-order valence-corrected chi connectivity index (χ3v) is 3.39. The van der Waals surface area contributed by atoms with Crippen molar-refractivity contribution >= 4 is 11.6 Å². The van der Waals surface area contributed by atoms with E-state index >= 15 is 0 Å². The van der Waals surface area contributed by atoms with Crippen molar-refractivity contribution in [1.29, 1.82) is 0 Å². The number of rotatable bonds is 4. The van der Waals surface area contributed by atoms with E-state index in [-0.39, 0.29) is 5.91 Å². The van der Waals surface area contributed by atoms with E-state index in [2.05, 4.69) is 31.3 Å². The van der Waals surface area contributed by atoms with Crippen LogP contribution in [0.25, 0.3) is 0 Å². The summed E-state index contributed by atoms with van der Waals surface area (Å²) in [6.07, 6.45) is 2.32. The second-order valence-corrected chi connectivity index (χ2v) is 4.86. The van der Waals surface area contributed by atoms with E-state index in [1.54, 1.807) is 0 Å². The van der Waals surface area contributed by atoms with Gasteiger partial charge in [0.05, 0.1) is 6.54 Å². The van der Waals surface area contributed by atoms with E-state index in [1.165, 1.54) is 11.1 Å². The lowest BCUT2D eigenvalue weighted by Gasteiger charge is -2.18. The third-order valence-electron chi connectivity index (χ3n) is 3.39. The first-order chi connectivity index (χ1) is 8.09. The van der Waals surface area contributed by atoms with Crippen LogP contribution in [-0.4, -0.2) is 30.4 Å². The minimum atomic E-state index is 0.176. The lowest BCUT2D eigenvalue weighted by molar-refractivity contribution is -0.128. The fourth-order valence-corrected chi connectivity index (χ4v) is 2.05. The number of hydrogen-bond acceptors (Lipinski definition) is 2. The SMILES string of the molecule is Cc1cccc(C)c1NCC(=O)N(C)C1CC1. The molecule has 1 amide bonds. The topological polar surface area (TPSA) is 32.3 Å². The van der Waals surface area contributed by atoms with Crippen LogP contribution in [-0.2, 0) is 4.79 Å². The summed E-state index contributed by atoms with van der Waals surface area (Å²) >= 11 is 0. The molecule has 1 aliphatic rings. The summed E-state index contributed by atoms with van der Waals surface area (Å²) in [5, 5.41) is 3.25. The van der Waals surface area contributed by atoms with Gasteiger partial charge in [-0.3, -0.25) is 4.79 Å². The molecule has 1 saturated carbocycles. The van der Waals surface area contributed by atoms with Gasteiger partial charge in [0.2, 0.25) is 5.91 Å². The molecule has 1 aromatic carbocycles. The van der Waals surface area contributed by atoms with Crippen LogP contribution in [0.2, 0.25) is 0 Å². The number of amides is 1. The zero-order valence-electron chi connectivity index (χ0n) is 10.8. The highest BCUT2D eigenvalue weighted by Crippen LogP contribution is 2.25. The Hall–Kier alpha value is -1.51. The van der Waals surface area contributed by atoms with Gasteiger partial charge in [-0.05, 0) is 37.8 Å². The van der Waals surface area contributed by atoms with Gasteiger partial charge in [0, 0.05) is 18.8 Å². The van der Waals surface area contributed by atoms with Crippen LogP contribution in [0.15, 0.2) is 18.2 Å². The average molecular weight is 232 g/mol. The average Bonchev–Trinajstić information content (AvgIpc) is 3.11. The van der Waals surface area contributed by atoms with Gasteiger partial charge in [-0.15, -0.1) is 0 Å². The highest BCUT2D eigenvalue weighted by molar-refractivity contribution is 5.81. The normalized spacial score (nSPS) is 14.5. The number of carbonyl (C=O) groups excluding carboxylic acids is 1. The molecular formula is C14H20N2O. The van der Waals surface area contributed by atoms with E-state index in [9.17, 15) is 4.79 Å². The molecule has 17 heavy (non-hydrogen) atoms. The van der Waals surface area contributed by atoms with Crippen LogP contribution in [0.1, 0.15) is 24.0 Å². The number of para-hydroxylation sites is 1. The number of likely N-dealkylation sites (N-methyl/N-ethyl adjacent to an activating group) is 1. The fraction of sp³-hybridized carbons (Fsp3) is 0.500. The number of carbonyl (C=O) groups is 1. The second kappa shape index (κ2) is 4.78. The predicted molar refractivity (Wildman–Crippen MR) is 70.2 cm³/mol. The molecule has 0 atom stereocenters. The highest BCUT2D eigenvalue weighted by atomic mass is 16.2. The third kappa shape index (κ3) is 2.78. The molecule has 92 valence electrons. The van der Waals surface area contributed by atoms with E-state index < -0.39 is 0 Å². The van der Waals surface area contributed by atoms with Gasteiger partial charge in [0.1, 0.15) is 0 Å². The zero-order chi connectivity index (χ0) is 12.4. The minimum absolute atomic E-state index is 0.176. The van der Waals surface area contributed by atoms with Crippen molar-refractivity contribution in [3.8, 4) is 0 Å². The van der Waals surface area contributed by atoms with Crippen molar-refractivity contribution in [2.75, 3.05) is 18.9 Å². The van der Waals surface area contributed by atoms with E-state index in [0.29, 0.717) is 12.6 Å². The van der Waals surface area contributed by atoms with Gasteiger partial charge in [0.15, 0.2) is 0 Å². The maximum atomic E-state index is 11.9. The Morgan fingerprint density at radius 3 is 2.47 bits per heavy atom. The maximum absolute atomic E-state index is 11.9. The van der Waals surface area contributed by atoms with E-state index in [0.717, 1.165) is 18.5 Å². The summed E-state index contributed by atoms with van der Waals surface area (Å²) in [7, 11) is 1.90. The Morgan fingerprint density at radius 2 is 1.94 bits per heavy atom. The molecule has 0 bridgehead atoms. The lowest BCUT2D eigenvalue weighted by atomic mass is 10.1. The molecule has 0 aliphatic heterocycles. The van der Waals surface area contributed by atoms with Crippen LogP contribution in [0, 0.1) is 13.8 Å². The summed E-state index contributed by atoms with van der Waals surface area (Å²) in [4.78, 5) is 13.7. The summed E-state index contributed by atoms with van der Waals surface area (Å²) < 4.78 is 0. The van der Waals surface area contributed by atoms with Crippen molar-refractivity contribution in [2.24, 2.45) is 0 Å². The number of nitrogens with one attached hydrogen (secondary N) is 1. The first kappa shape index (κ1) is 12.0. The molecule has 1 N–H and O–H groups in total. The number of hydrogen-bond donors (Lipinski definition) is 1. The number of anilines is 1. The standard InChI is InChI=1S/C14H20N2O/c1-10-5-4-6-11(2)14(10)15-9-13(17)16(3)12-7-8-12/h4-6,12,15H,7-9H2,1-3H3. The number of nitrogens with zero attached hydrogens (tertiary/aromatic N) is 1. The lowest BCUT2D eigenvalue weighted by Crippen LogP contribution is -2.34. The molecule has 0 saturated heterocycles. The van der Waals surface area contributed by atoms with Crippen LogP contribution in [0.3, 0.4) is 0 Å². The molecule has 3 nitrogen and oxygen atoms in total. The van der Waals surface area contributed by atoms with Crippen LogP contribution < -0.4 is 5.32 Å². The highest BCUT2D eigenvalue weighted by Gasteiger charge is 2.29. The van der Waals surface area contributed by atoms with Crippen molar-refractivity contribution in [3.05, 3.63) is 29.3 Å². The Bertz CT molecular complexity index is 404. The van der Waals surface area contributed by atoms with Crippen molar-refractivity contribution in [1.82, 2.24) is 4.90 Å². The molecule has 0 radical (unpaired) electrons. The van der Waals surface area contributed by atoms with Crippen molar-refractivity contribution in [2.45, 2.75) is 32.7 Å². The van der Waals surface area contributed by atoms with Gasteiger partial charge >= 0.3 is 0 Å². The summed E-state index contributed by atoms with van der Waals surface area (Å²) in [6, 6.07) is 6.64. The summed E-state index contributed by atoms with van der Waals surface area (Å²) in [5.74, 6) is 0.176. The van der Waals surface area contributed by atoms with Crippen LogP contribution in [0.4, 0.5) is 5.69 Å². The Labute approximate surface area is 103 Å². The summed E-state index contributed by atoms with van der Waals surface area (Å²) in [5.41, 5.74) is 3.46. The van der Waals surface area contributed by atoms with Gasteiger partial charge < -0.3 is 10.2 Å². The Balaban J connectivity index is 1.95. The van der Waals surface area contributed by atoms with Gasteiger partial charge in [-0.25, -0.2) is 0 Å². The molecule has 1 aromatic rings. The Morgan fingerprint density at radius 1 is 1.35 bits per heavy atom. The number of aryl methyl sites for hydroxylation is 2. The van der Waals surface area contributed by atoms with Gasteiger partial charge in [-0.2, -0.15) is 0 Å². The molecule has 0 unspecified atom stereocenters. The second-order valence-electron chi connectivity index (χ2n) is 4.86. The molecule has 0 aromatic heterocycles. The zero-order valence-corrected chi connectivity index (χ0v) is 10.8. The molecule has 0 spiro atoms. The molecule has 2 rings (SSSR count). The first-order valence-corrected chi connectivity index (χ1v) is 6.15. The largest absolute Gasteiger partial charge is 0.376 e. The van der Waals surface area contributed by atoms with Crippen molar-refractivity contribution < 1.29 is 4.79 Å². The smallest absolute Gasteiger partial charge is 0.241 e. The molecular weight excluding hydrogens is 212 g/mol.